The Labute approximate surface area is 183 Å². The van der Waals surface area contributed by atoms with Crippen LogP contribution in [0.5, 0.6) is 0 Å². The Balaban J connectivity index is 0.00000261. The van der Waals surface area contributed by atoms with Crippen LogP contribution in [0.3, 0.4) is 0 Å². The van der Waals surface area contributed by atoms with Gasteiger partial charge in [0.1, 0.15) is 5.82 Å². The molecule has 0 radical (unpaired) electrons. The predicted molar refractivity (Wildman–Crippen MR) is 125 cm³/mol. The van der Waals surface area contributed by atoms with E-state index < -0.39 is 0 Å². The number of halogens is 1. The molecule has 1 aliphatic heterocycles. The molecular weight excluding hydrogens is 471 g/mol. The molecule has 0 spiro atoms. The Bertz CT molecular complexity index is 697. The second-order valence-corrected chi connectivity index (χ2v) is 7.42. The fraction of sp³-hybridized carbons (Fsp3) is 0.526. The van der Waals surface area contributed by atoms with Crippen LogP contribution >= 0.6 is 35.3 Å². The van der Waals surface area contributed by atoms with Crippen LogP contribution in [0, 0.1) is 6.92 Å². The topological polar surface area (TPSA) is 56.7 Å². The SMILES string of the molecule is CN=C(NCCCCc1nc(C)cs1)N1CCN(c2ccccn2)CC1.I. The standard InChI is InChI=1S/C19H28N6S.HI/c1-16-15-26-18(23-16)8-4-6-10-22-19(20-2)25-13-11-24(12-14-25)17-7-3-5-9-21-17;/h3,5,7,9,15H,4,6,8,10-14H2,1-2H3,(H,20,22);1H. The van der Waals surface area contributed by atoms with Crippen molar-refractivity contribution in [3.05, 3.63) is 40.5 Å². The fourth-order valence-electron chi connectivity index (χ4n) is 3.14. The molecule has 1 N–H and O–H groups in total. The number of hydrogen-bond donors (Lipinski definition) is 1. The minimum absolute atomic E-state index is 0. The molecule has 6 nitrogen and oxygen atoms in total. The number of aryl methyl sites for hydroxylation is 2. The average Bonchev–Trinajstić information content (AvgIpc) is 3.11. The fourth-order valence-corrected chi connectivity index (χ4v) is 3.96. The van der Waals surface area contributed by atoms with Crippen molar-refractivity contribution in [1.82, 2.24) is 20.2 Å². The molecule has 0 saturated carbocycles. The monoisotopic (exact) mass is 500 g/mol. The van der Waals surface area contributed by atoms with Gasteiger partial charge < -0.3 is 15.1 Å². The lowest BCUT2D eigenvalue weighted by Gasteiger charge is -2.37. The molecular formula is C19H29IN6S. The Kier molecular flexibility index (Phi) is 9.26. The van der Waals surface area contributed by atoms with Crippen molar-refractivity contribution in [3.63, 3.8) is 0 Å². The summed E-state index contributed by atoms with van der Waals surface area (Å²) in [6, 6.07) is 6.08. The van der Waals surface area contributed by atoms with E-state index in [1.54, 1.807) is 11.3 Å². The number of pyridine rings is 1. The largest absolute Gasteiger partial charge is 0.356 e. The van der Waals surface area contributed by atoms with Gasteiger partial charge in [-0.3, -0.25) is 4.99 Å². The molecule has 3 heterocycles. The van der Waals surface area contributed by atoms with Crippen LogP contribution in [0.15, 0.2) is 34.8 Å². The summed E-state index contributed by atoms with van der Waals surface area (Å²) in [5.74, 6) is 2.07. The zero-order valence-electron chi connectivity index (χ0n) is 16.1. The van der Waals surface area contributed by atoms with Crippen LogP contribution in [-0.2, 0) is 6.42 Å². The van der Waals surface area contributed by atoms with E-state index in [0.29, 0.717) is 0 Å². The average molecular weight is 500 g/mol. The first-order valence-electron chi connectivity index (χ1n) is 9.29. The Morgan fingerprint density at radius 3 is 2.67 bits per heavy atom. The number of nitrogens with zero attached hydrogens (tertiary/aromatic N) is 5. The number of piperazine rings is 1. The van der Waals surface area contributed by atoms with Crippen molar-refractivity contribution < 1.29 is 0 Å². The highest BCUT2D eigenvalue weighted by Gasteiger charge is 2.20. The van der Waals surface area contributed by atoms with Gasteiger partial charge in [-0.25, -0.2) is 9.97 Å². The molecule has 27 heavy (non-hydrogen) atoms. The lowest BCUT2D eigenvalue weighted by atomic mass is 10.2. The Morgan fingerprint density at radius 1 is 1.22 bits per heavy atom. The normalized spacial score (nSPS) is 14.8. The summed E-state index contributed by atoms with van der Waals surface area (Å²) in [7, 11) is 1.87. The zero-order valence-corrected chi connectivity index (χ0v) is 19.2. The number of anilines is 1. The molecule has 8 heteroatoms. The quantitative estimate of drug-likeness (QED) is 0.286. The first kappa shape index (κ1) is 21.9. The number of nitrogens with one attached hydrogen (secondary N) is 1. The van der Waals surface area contributed by atoms with E-state index in [0.717, 1.165) is 69.5 Å². The lowest BCUT2D eigenvalue weighted by Crippen LogP contribution is -2.52. The highest BCUT2D eigenvalue weighted by atomic mass is 127. The zero-order chi connectivity index (χ0) is 18.2. The molecule has 2 aromatic heterocycles. The minimum atomic E-state index is 0. The molecule has 0 aliphatic carbocycles. The van der Waals surface area contributed by atoms with Crippen LogP contribution in [0.25, 0.3) is 0 Å². The van der Waals surface area contributed by atoms with Crippen molar-refractivity contribution in [2.45, 2.75) is 26.2 Å². The van der Waals surface area contributed by atoms with Crippen LogP contribution in [0.2, 0.25) is 0 Å². The molecule has 0 bridgehead atoms. The number of hydrogen-bond acceptors (Lipinski definition) is 5. The van der Waals surface area contributed by atoms with Crippen LogP contribution in [0.4, 0.5) is 5.82 Å². The Morgan fingerprint density at radius 2 is 2.04 bits per heavy atom. The molecule has 3 rings (SSSR count). The molecule has 2 aromatic rings. The maximum Gasteiger partial charge on any atom is 0.193 e. The van der Waals surface area contributed by atoms with Crippen molar-refractivity contribution in [2.24, 2.45) is 4.99 Å². The van der Waals surface area contributed by atoms with E-state index >= 15 is 0 Å². The minimum Gasteiger partial charge on any atom is -0.356 e. The van der Waals surface area contributed by atoms with E-state index in [2.05, 4.69) is 48.4 Å². The maximum absolute atomic E-state index is 4.52. The predicted octanol–water partition coefficient (Wildman–Crippen LogP) is 3.18. The highest BCUT2D eigenvalue weighted by Crippen LogP contribution is 2.13. The van der Waals surface area contributed by atoms with Gasteiger partial charge >= 0.3 is 0 Å². The first-order chi connectivity index (χ1) is 12.8. The van der Waals surface area contributed by atoms with Crippen molar-refractivity contribution in [3.8, 4) is 0 Å². The third-order valence-electron chi connectivity index (χ3n) is 4.53. The molecule has 1 fully saturated rings. The number of aromatic nitrogens is 2. The van der Waals surface area contributed by atoms with Gasteiger partial charge in [-0.05, 0) is 38.3 Å². The van der Waals surface area contributed by atoms with Crippen LogP contribution < -0.4 is 10.2 Å². The number of aliphatic imine (C=N–C) groups is 1. The van der Waals surface area contributed by atoms with Crippen molar-refractivity contribution in [1.29, 1.82) is 0 Å². The van der Waals surface area contributed by atoms with Gasteiger partial charge in [0.25, 0.3) is 0 Å². The smallest absolute Gasteiger partial charge is 0.193 e. The first-order valence-corrected chi connectivity index (χ1v) is 10.2. The molecule has 0 aromatic carbocycles. The van der Waals surface area contributed by atoms with Gasteiger partial charge in [0, 0.05) is 57.0 Å². The second kappa shape index (κ2) is 11.4. The molecule has 1 saturated heterocycles. The lowest BCUT2D eigenvalue weighted by molar-refractivity contribution is 0.371. The van der Waals surface area contributed by atoms with Gasteiger partial charge in [0.15, 0.2) is 5.96 Å². The van der Waals surface area contributed by atoms with Gasteiger partial charge in [-0.1, -0.05) is 6.07 Å². The van der Waals surface area contributed by atoms with Crippen molar-refractivity contribution >= 4 is 47.1 Å². The summed E-state index contributed by atoms with van der Waals surface area (Å²) in [5.41, 5.74) is 1.13. The molecule has 0 amide bonds. The Hall–Kier alpha value is -1.42. The summed E-state index contributed by atoms with van der Waals surface area (Å²) < 4.78 is 0. The highest BCUT2D eigenvalue weighted by molar-refractivity contribution is 14.0. The van der Waals surface area contributed by atoms with Crippen LogP contribution in [0.1, 0.15) is 23.5 Å². The number of thiazole rings is 1. The molecule has 0 atom stereocenters. The molecule has 1 aliphatic rings. The van der Waals surface area contributed by atoms with E-state index in [1.165, 1.54) is 5.01 Å². The van der Waals surface area contributed by atoms with E-state index in [1.807, 2.05) is 25.4 Å². The summed E-state index contributed by atoms with van der Waals surface area (Å²) in [6.45, 7) is 6.89. The van der Waals surface area contributed by atoms with Gasteiger partial charge in [0.05, 0.1) is 5.01 Å². The van der Waals surface area contributed by atoms with Gasteiger partial charge in [-0.15, -0.1) is 35.3 Å². The van der Waals surface area contributed by atoms with Gasteiger partial charge in [0.2, 0.25) is 0 Å². The number of rotatable bonds is 6. The number of unbranched alkanes of at least 4 members (excludes halogenated alkanes) is 1. The third kappa shape index (κ3) is 6.60. The van der Waals surface area contributed by atoms with Crippen LogP contribution in [-0.4, -0.2) is 60.6 Å². The number of guanidine groups is 1. The van der Waals surface area contributed by atoms with E-state index in [4.69, 9.17) is 0 Å². The molecule has 0 unspecified atom stereocenters. The van der Waals surface area contributed by atoms with E-state index in [-0.39, 0.29) is 24.0 Å². The summed E-state index contributed by atoms with van der Waals surface area (Å²) in [4.78, 5) is 18.1. The third-order valence-corrected chi connectivity index (χ3v) is 5.56. The van der Waals surface area contributed by atoms with Gasteiger partial charge in [-0.2, -0.15) is 0 Å². The summed E-state index contributed by atoms with van der Waals surface area (Å²) >= 11 is 1.77. The summed E-state index contributed by atoms with van der Waals surface area (Å²) in [6.07, 6.45) is 5.21. The molecule has 148 valence electrons. The summed E-state index contributed by atoms with van der Waals surface area (Å²) in [5, 5.41) is 6.88. The maximum atomic E-state index is 4.52. The van der Waals surface area contributed by atoms with Crippen molar-refractivity contribution in [2.75, 3.05) is 44.7 Å². The second-order valence-electron chi connectivity index (χ2n) is 6.48. The van der Waals surface area contributed by atoms with E-state index in [9.17, 15) is 0 Å².